The zero-order valence-electron chi connectivity index (χ0n) is 18.6. The van der Waals surface area contributed by atoms with E-state index in [1.165, 1.54) is 12.3 Å². The van der Waals surface area contributed by atoms with Gasteiger partial charge in [-0.25, -0.2) is 31.7 Å². The Kier molecular flexibility index (Phi) is 6.85. The molecule has 4 aromatic rings. The van der Waals surface area contributed by atoms with Crippen molar-refractivity contribution in [1.82, 2.24) is 35.3 Å². The Labute approximate surface area is 205 Å². The van der Waals surface area contributed by atoms with Gasteiger partial charge in [-0.05, 0) is 28.5 Å². The maximum absolute atomic E-state index is 13.2. The van der Waals surface area contributed by atoms with Crippen molar-refractivity contribution in [2.45, 2.75) is 15.8 Å². The molecule has 4 rings (SSSR count). The van der Waals surface area contributed by atoms with Crippen molar-refractivity contribution in [2.24, 2.45) is 16.6 Å². The van der Waals surface area contributed by atoms with Gasteiger partial charge in [0.2, 0.25) is 25.9 Å². The molecule has 0 aliphatic rings. The van der Waals surface area contributed by atoms with E-state index in [4.69, 9.17) is 22.3 Å². The van der Waals surface area contributed by atoms with E-state index >= 15 is 0 Å². The molecule has 36 heavy (non-hydrogen) atoms. The molecule has 2 heterocycles. The summed E-state index contributed by atoms with van der Waals surface area (Å²) >= 11 is 0. The van der Waals surface area contributed by atoms with E-state index in [1.807, 2.05) is 0 Å². The number of benzene rings is 2. The van der Waals surface area contributed by atoms with Gasteiger partial charge in [-0.15, -0.1) is 10.2 Å². The molecular weight excluding hydrogens is 510 g/mol. The number of primary sulfonamides is 1. The lowest BCUT2D eigenvalue weighted by molar-refractivity contribution is 0.548. The van der Waals surface area contributed by atoms with E-state index in [0.29, 0.717) is 16.8 Å². The second kappa shape index (κ2) is 9.72. The second-order valence-corrected chi connectivity index (χ2v) is 10.8. The summed E-state index contributed by atoms with van der Waals surface area (Å²) in [5, 5.41) is 19.1. The minimum Gasteiger partial charge on any atom is -0.369 e. The third-order valence-corrected chi connectivity index (χ3v) is 7.92. The largest absolute Gasteiger partial charge is 0.369 e. The van der Waals surface area contributed by atoms with Crippen molar-refractivity contribution in [3.8, 4) is 33.8 Å². The predicted octanol–water partition coefficient (Wildman–Crippen LogP) is -1.28. The SMILES string of the molecule is NCC(CN)NS(=O)(=O)c1ccc(-c2cccc(-c3cnc(N)[nH]3)c2)c(-c2nn[nH]n2)c1S(N)(=O)=O. The average Bonchev–Trinajstić information content (AvgIpc) is 3.53. The number of nitrogens with two attached hydrogens (primary N) is 4. The molecule has 0 fully saturated rings. The van der Waals surface area contributed by atoms with Crippen LogP contribution in [-0.4, -0.2) is 66.6 Å². The zero-order chi connectivity index (χ0) is 26.1. The standard InChI is InChI=1S/C19H23N11O4S2/c20-7-12(8-21)28-36(33,34)15-5-4-13(16(17(15)35(23,31)32)18-26-29-30-27-18)10-2-1-3-11(6-10)14-9-24-19(22)25-14/h1-6,9,12,28H,7-8,20-21H2,(H3,22,24,25)(H2,23,31,32)(H,26,27,29,30). The average molecular weight is 534 g/mol. The highest BCUT2D eigenvalue weighted by molar-refractivity contribution is 7.92. The van der Waals surface area contributed by atoms with Gasteiger partial charge in [0.15, 0.2) is 5.95 Å². The second-order valence-electron chi connectivity index (χ2n) is 7.65. The lowest BCUT2D eigenvalue weighted by atomic mass is 9.97. The Hall–Kier alpha value is -3.74. The van der Waals surface area contributed by atoms with Crippen LogP contribution < -0.4 is 27.1 Å². The van der Waals surface area contributed by atoms with Gasteiger partial charge in [0, 0.05) is 24.7 Å². The Bertz CT molecular complexity index is 1600. The van der Waals surface area contributed by atoms with Crippen molar-refractivity contribution in [1.29, 1.82) is 0 Å². The van der Waals surface area contributed by atoms with E-state index in [9.17, 15) is 16.8 Å². The first kappa shape index (κ1) is 25.4. The maximum Gasteiger partial charge on any atom is 0.242 e. The van der Waals surface area contributed by atoms with Crippen LogP contribution in [0.15, 0.2) is 52.4 Å². The van der Waals surface area contributed by atoms with E-state index < -0.39 is 35.9 Å². The number of aromatic amines is 2. The van der Waals surface area contributed by atoms with Gasteiger partial charge in [0.05, 0.1) is 17.5 Å². The molecule has 0 radical (unpaired) electrons. The van der Waals surface area contributed by atoms with Gasteiger partial charge in [-0.1, -0.05) is 24.3 Å². The highest BCUT2D eigenvalue weighted by Crippen LogP contribution is 2.39. The number of hydrogen-bond acceptors (Lipinski definition) is 11. The fourth-order valence-corrected chi connectivity index (χ4v) is 6.46. The van der Waals surface area contributed by atoms with Crippen LogP contribution in [0.3, 0.4) is 0 Å². The van der Waals surface area contributed by atoms with Crippen molar-refractivity contribution in [3.63, 3.8) is 0 Å². The summed E-state index contributed by atoms with van der Waals surface area (Å²) in [4.78, 5) is 5.57. The van der Waals surface area contributed by atoms with Crippen LogP contribution in [0.1, 0.15) is 0 Å². The molecule has 11 N–H and O–H groups in total. The summed E-state index contributed by atoms with van der Waals surface area (Å²) in [6.45, 7) is -0.220. The van der Waals surface area contributed by atoms with E-state index in [2.05, 4.69) is 35.3 Å². The summed E-state index contributed by atoms with van der Waals surface area (Å²) in [5.74, 6) is 0.0335. The minimum absolute atomic E-state index is 0.110. The summed E-state index contributed by atoms with van der Waals surface area (Å²) in [6.07, 6.45) is 1.54. The van der Waals surface area contributed by atoms with Crippen molar-refractivity contribution in [2.75, 3.05) is 18.8 Å². The highest BCUT2D eigenvalue weighted by atomic mass is 32.2. The smallest absolute Gasteiger partial charge is 0.242 e. The summed E-state index contributed by atoms with van der Waals surface area (Å²) in [7, 11) is -9.09. The lowest BCUT2D eigenvalue weighted by Gasteiger charge is -2.19. The van der Waals surface area contributed by atoms with Crippen LogP contribution in [0.25, 0.3) is 33.8 Å². The predicted molar refractivity (Wildman–Crippen MR) is 131 cm³/mol. The number of sulfonamides is 2. The molecule has 0 spiro atoms. The van der Waals surface area contributed by atoms with Gasteiger partial charge in [0.1, 0.15) is 9.79 Å². The Balaban J connectivity index is 2.01. The zero-order valence-corrected chi connectivity index (χ0v) is 20.2. The Morgan fingerprint density at radius 1 is 1.03 bits per heavy atom. The molecule has 0 atom stereocenters. The molecule has 0 bridgehead atoms. The molecule has 0 amide bonds. The van der Waals surface area contributed by atoms with Crippen LogP contribution in [0.2, 0.25) is 0 Å². The number of rotatable bonds is 9. The van der Waals surface area contributed by atoms with Crippen molar-refractivity contribution in [3.05, 3.63) is 42.6 Å². The summed E-state index contributed by atoms with van der Waals surface area (Å²) < 4.78 is 54.4. The number of anilines is 1. The number of hydrogen-bond donors (Lipinski definition) is 7. The molecule has 0 aliphatic heterocycles. The third kappa shape index (κ3) is 4.96. The fraction of sp³-hybridized carbons (Fsp3) is 0.158. The van der Waals surface area contributed by atoms with Gasteiger partial charge >= 0.3 is 0 Å². The van der Waals surface area contributed by atoms with E-state index in [1.54, 1.807) is 24.3 Å². The Morgan fingerprint density at radius 2 is 1.75 bits per heavy atom. The number of aromatic nitrogens is 6. The number of nitrogens with one attached hydrogen (secondary N) is 3. The molecule has 0 unspecified atom stereocenters. The first-order valence-corrected chi connectivity index (χ1v) is 13.4. The normalized spacial score (nSPS) is 12.3. The van der Waals surface area contributed by atoms with Crippen molar-refractivity contribution < 1.29 is 16.8 Å². The topological polar surface area (TPSA) is 268 Å². The summed E-state index contributed by atoms with van der Waals surface area (Å²) in [5.41, 5.74) is 18.7. The Morgan fingerprint density at radius 3 is 2.33 bits per heavy atom. The van der Waals surface area contributed by atoms with Crippen molar-refractivity contribution >= 4 is 26.0 Å². The molecule has 2 aromatic heterocycles. The third-order valence-electron chi connectivity index (χ3n) is 5.24. The van der Waals surface area contributed by atoms with Crippen LogP contribution in [0.5, 0.6) is 0 Å². The molecule has 2 aromatic carbocycles. The molecular formula is C19H23N11O4S2. The molecule has 0 saturated heterocycles. The van der Waals surface area contributed by atoms with Gasteiger partial charge in [-0.2, -0.15) is 5.21 Å². The minimum atomic E-state index is -4.65. The number of nitrogen functional groups attached to an aromatic ring is 1. The number of H-pyrrole nitrogens is 2. The number of nitrogens with zero attached hydrogens (tertiary/aromatic N) is 4. The van der Waals surface area contributed by atoms with Crippen LogP contribution in [0.4, 0.5) is 5.95 Å². The van der Waals surface area contributed by atoms with Crippen LogP contribution in [0, 0.1) is 0 Å². The maximum atomic E-state index is 13.2. The van der Waals surface area contributed by atoms with E-state index in [0.717, 1.165) is 6.07 Å². The monoisotopic (exact) mass is 533 g/mol. The first-order valence-electron chi connectivity index (χ1n) is 10.3. The quantitative estimate of drug-likeness (QED) is 0.133. The first-order chi connectivity index (χ1) is 17.0. The molecule has 190 valence electrons. The van der Waals surface area contributed by atoms with Gasteiger partial charge in [-0.3, -0.25) is 0 Å². The van der Waals surface area contributed by atoms with Crippen LogP contribution >= 0.6 is 0 Å². The molecule has 0 saturated carbocycles. The van der Waals surface area contributed by atoms with Gasteiger partial charge in [0.25, 0.3) is 0 Å². The number of tetrazole rings is 1. The summed E-state index contributed by atoms with van der Waals surface area (Å²) in [6, 6.07) is 8.65. The molecule has 15 nitrogen and oxygen atoms in total. The van der Waals surface area contributed by atoms with Crippen LogP contribution in [-0.2, 0) is 20.0 Å². The molecule has 0 aliphatic carbocycles. The fourth-order valence-electron chi connectivity index (χ4n) is 3.60. The highest BCUT2D eigenvalue weighted by Gasteiger charge is 2.33. The molecule has 17 heteroatoms. The van der Waals surface area contributed by atoms with Gasteiger partial charge < -0.3 is 22.2 Å². The number of imidazole rings is 1. The van der Waals surface area contributed by atoms with E-state index in [-0.39, 0.29) is 36.0 Å². The lowest BCUT2D eigenvalue weighted by Crippen LogP contribution is -2.45.